The zero-order chi connectivity index (χ0) is 19.5. The summed E-state index contributed by atoms with van der Waals surface area (Å²) >= 11 is 0. The second-order valence-electron chi connectivity index (χ2n) is 6.90. The first-order chi connectivity index (χ1) is 12.1. The van der Waals surface area contributed by atoms with Gasteiger partial charge in [0, 0.05) is 25.0 Å². The maximum Gasteiger partial charge on any atom is 0.330 e. The van der Waals surface area contributed by atoms with Crippen molar-refractivity contribution < 1.29 is 27.1 Å². The second-order valence-corrected chi connectivity index (χ2v) is 6.90. The maximum absolute atomic E-state index is 12.9. The van der Waals surface area contributed by atoms with Crippen molar-refractivity contribution in [3.63, 3.8) is 0 Å². The number of amides is 1. The van der Waals surface area contributed by atoms with Crippen LogP contribution in [0, 0.1) is 6.92 Å². The van der Waals surface area contributed by atoms with E-state index in [4.69, 9.17) is 0 Å². The Balaban J connectivity index is 1.98. The van der Waals surface area contributed by atoms with E-state index >= 15 is 0 Å². The highest BCUT2D eigenvalue weighted by molar-refractivity contribution is 5.78. The number of benzene rings is 1. The third-order valence-corrected chi connectivity index (χ3v) is 4.65. The minimum Gasteiger partial charge on any atom is -0.365 e. The Morgan fingerprint density at radius 1 is 1.27 bits per heavy atom. The van der Waals surface area contributed by atoms with Crippen molar-refractivity contribution in [2.75, 3.05) is 40.4 Å². The number of halogens is 4. The predicted octanol–water partition coefficient (Wildman–Crippen LogP) is 2.77. The van der Waals surface area contributed by atoms with Crippen molar-refractivity contribution in [2.24, 2.45) is 0 Å². The first-order valence-electron chi connectivity index (χ1n) is 8.36. The molecule has 146 valence electrons. The molecule has 2 rings (SSSR count). The standard InChI is InChI=1S/C18H24F4N2O2/c1-12-4-6-13(7-5-12)14-8-24(9-15(14)23(2)3)16(25)10-26-11-18(21,22)17(19)20/h4-7,14-15,17H,8-11H2,1-3H3/t14-,15+/m0/s1. The Bertz CT molecular complexity index is 608. The highest BCUT2D eigenvalue weighted by Crippen LogP contribution is 2.30. The average Bonchev–Trinajstić information content (AvgIpc) is 3.00. The Labute approximate surface area is 150 Å². The van der Waals surface area contributed by atoms with Crippen LogP contribution in [0.1, 0.15) is 17.0 Å². The van der Waals surface area contributed by atoms with Gasteiger partial charge in [-0.1, -0.05) is 29.8 Å². The van der Waals surface area contributed by atoms with Gasteiger partial charge in [-0.05, 0) is 26.6 Å². The molecule has 0 radical (unpaired) electrons. The summed E-state index contributed by atoms with van der Waals surface area (Å²) < 4.78 is 54.5. The van der Waals surface area contributed by atoms with E-state index in [1.807, 2.05) is 50.2 Å². The molecule has 0 unspecified atom stereocenters. The van der Waals surface area contributed by atoms with Gasteiger partial charge in [0.2, 0.25) is 5.91 Å². The number of likely N-dealkylation sites (tertiary alicyclic amines) is 1. The van der Waals surface area contributed by atoms with E-state index in [0.29, 0.717) is 13.1 Å². The monoisotopic (exact) mass is 376 g/mol. The quantitative estimate of drug-likeness (QED) is 0.686. The molecule has 1 aromatic carbocycles. The Hall–Kier alpha value is -1.67. The van der Waals surface area contributed by atoms with Crippen LogP contribution in [0.3, 0.4) is 0 Å². The first-order valence-corrected chi connectivity index (χ1v) is 8.36. The zero-order valence-electron chi connectivity index (χ0n) is 15.1. The highest BCUT2D eigenvalue weighted by Gasteiger charge is 2.42. The number of ether oxygens (including phenoxy) is 1. The van der Waals surface area contributed by atoms with Gasteiger partial charge in [0.1, 0.15) is 13.2 Å². The van der Waals surface area contributed by atoms with Gasteiger partial charge in [-0.15, -0.1) is 0 Å². The summed E-state index contributed by atoms with van der Waals surface area (Å²) in [6, 6.07) is 8.11. The zero-order valence-corrected chi connectivity index (χ0v) is 15.1. The van der Waals surface area contributed by atoms with Gasteiger partial charge in [-0.3, -0.25) is 4.79 Å². The van der Waals surface area contributed by atoms with Crippen molar-refractivity contribution in [3.8, 4) is 0 Å². The SMILES string of the molecule is Cc1ccc([C@@H]2CN(C(=O)COCC(F)(F)C(F)F)C[C@H]2N(C)C)cc1. The van der Waals surface area contributed by atoms with E-state index in [-0.39, 0.29) is 12.0 Å². The number of hydrogen-bond donors (Lipinski definition) is 0. The molecule has 26 heavy (non-hydrogen) atoms. The van der Waals surface area contributed by atoms with Gasteiger partial charge in [0.05, 0.1) is 0 Å². The van der Waals surface area contributed by atoms with Gasteiger partial charge in [0.15, 0.2) is 0 Å². The molecule has 1 saturated heterocycles. The molecule has 1 heterocycles. The fraction of sp³-hybridized carbons (Fsp3) is 0.611. The van der Waals surface area contributed by atoms with Crippen molar-refractivity contribution in [2.45, 2.75) is 31.2 Å². The number of carbonyl (C=O) groups excluding carboxylic acids is 1. The fourth-order valence-electron chi connectivity index (χ4n) is 3.08. The molecule has 0 aliphatic carbocycles. The van der Waals surface area contributed by atoms with E-state index < -0.39 is 31.5 Å². The number of nitrogens with zero attached hydrogens (tertiary/aromatic N) is 2. The van der Waals surface area contributed by atoms with Gasteiger partial charge in [-0.2, -0.15) is 8.78 Å². The average molecular weight is 376 g/mol. The van der Waals surface area contributed by atoms with Crippen LogP contribution in [-0.4, -0.2) is 74.5 Å². The molecule has 0 spiro atoms. The van der Waals surface area contributed by atoms with Gasteiger partial charge in [0.25, 0.3) is 0 Å². The number of hydrogen-bond acceptors (Lipinski definition) is 3. The molecule has 0 saturated carbocycles. The largest absolute Gasteiger partial charge is 0.365 e. The summed E-state index contributed by atoms with van der Waals surface area (Å²) in [4.78, 5) is 15.8. The van der Waals surface area contributed by atoms with Gasteiger partial charge >= 0.3 is 12.3 Å². The third-order valence-electron chi connectivity index (χ3n) is 4.65. The van der Waals surface area contributed by atoms with E-state index in [1.54, 1.807) is 0 Å². The molecule has 4 nitrogen and oxygen atoms in total. The summed E-state index contributed by atoms with van der Waals surface area (Å²) in [7, 11) is 3.83. The lowest BCUT2D eigenvalue weighted by Crippen LogP contribution is -2.38. The van der Waals surface area contributed by atoms with Crippen LogP contribution in [-0.2, 0) is 9.53 Å². The van der Waals surface area contributed by atoms with Crippen LogP contribution in [0.15, 0.2) is 24.3 Å². The summed E-state index contributed by atoms with van der Waals surface area (Å²) in [5, 5.41) is 0. The minimum atomic E-state index is -4.25. The van der Waals surface area contributed by atoms with Crippen LogP contribution in [0.25, 0.3) is 0 Å². The molecule has 0 bridgehead atoms. The number of alkyl halides is 4. The van der Waals surface area contributed by atoms with Crippen LogP contribution < -0.4 is 0 Å². The molecule has 1 aliphatic heterocycles. The topological polar surface area (TPSA) is 32.8 Å². The van der Waals surface area contributed by atoms with E-state index in [9.17, 15) is 22.4 Å². The number of rotatable bonds is 7. The molecule has 0 N–H and O–H groups in total. The van der Waals surface area contributed by atoms with Gasteiger partial charge < -0.3 is 14.5 Å². The van der Waals surface area contributed by atoms with Gasteiger partial charge in [-0.25, -0.2) is 8.78 Å². The van der Waals surface area contributed by atoms with Crippen molar-refractivity contribution in [1.29, 1.82) is 0 Å². The van der Waals surface area contributed by atoms with E-state index in [2.05, 4.69) is 4.74 Å². The number of likely N-dealkylation sites (N-methyl/N-ethyl adjacent to an activating group) is 1. The smallest absolute Gasteiger partial charge is 0.330 e. The molecule has 1 amide bonds. The second kappa shape index (κ2) is 8.35. The molecular formula is C18H24F4N2O2. The fourth-order valence-corrected chi connectivity index (χ4v) is 3.08. The highest BCUT2D eigenvalue weighted by atomic mass is 19.3. The predicted molar refractivity (Wildman–Crippen MR) is 89.7 cm³/mol. The molecule has 1 fully saturated rings. The van der Waals surface area contributed by atoms with E-state index in [0.717, 1.165) is 11.1 Å². The molecular weight excluding hydrogens is 352 g/mol. The molecule has 2 atom stereocenters. The summed E-state index contributed by atoms with van der Waals surface area (Å²) in [5.74, 6) is -4.64. The lowest BCUT2D eigenvalue weighted by atomic mass is 9.93. The summed E-state index contributed by atoms with van der Waals surface area (Å²) in [5.41, 5.74) is 2.23. The normalized spacial score (nSPS) is 21.0. The first kappa shape index (κ1) is 20.6. The van der Waals surface area contributed by atoms with Crippen molar-refractivity contribution in [3.05, 3.63) is 35.4 Å². The Morgan fingerprint density at radius 2 is 1.88 bits per heavy atom. The molecule has 1 aliphatic rings. The van der Waals surface area contributed by atoms with Crippen LogP contribution in [0.5, 0.6) is 0 Å². The molecule has 0 aromatic heterocycles. The lowest BCUT2D eigenvalue weighted by molar-refractivity contribution is -0.170. The Kier molecular flexibility index (Phi) is 6.63. The van der Waals surface area contributed by atoms with Crippen LogP contribution in [0.4, 0.5) is 17.6 Å². The van der Waals surface area contributed by atoms with Crippen LogP contribution in [0.2, 0.25) is 0 Å². The minimum absolute atomic E-state index is 0.0733. The van der Waals surface area contributed by atoms with Crippen molar-refractivity contribution >= 4 is 5.91 Å². The Morgan fingerprint density at radius 3 is 2.42 bits per heavy atom. The lowest BCUT2D eigenvalue weighted by Gasteiger charge is -2.25. The third kappa shape index (κ3) is 4.94. The summed E-state index contributed by atoms with van der Waals surface area (Å²) in [6.07, 6.45) is -3.81. The van der Waals surface area contributed by atoms with Crippen molar-refractivity contribution in [1.82, 2.24) is 9.80 Å². The molecule has 8 heteroatoms. The number of aryl methyl sites for hydroxylation is 1. The van der Waals surface area contributed by atoms with Crippen LogP contribution >= 0.6 is 0 Å². The molecule has 1 aromatic rings. The number of carbonyl (C=O) groups is 1. The maximum atomic E-state index is 12.9. The summed E-state index contributed by atoms with van der Waals surface area (Å²) in [6.45, 7) is 0.744. The van der Waals surface area contributed by atoms with E-state index in [1.165, 1.54) is 4.90 Å².